The van der Waals surface area contributed by atoms with Crippen molar-refractivity contribution < 1.29 is 14.3 Å². The summed E-state index contributed by atoms with van der Waals surface area (Å²) in [7, 11) is 0. The van der Waals surface area contributed by atoms with E-state index in [0.29, 0.717) is 16.4 Å². The summed E-state index contributed by atoms with van der Waals surface area (Å²) >= 11 is 5.94. The molecule has 2 aromatic heterocycles. The minimum atomic E-state index is -0.584. The lowest BCUT2D eigenvalue weighted by Crippen LogP contribution is -2.18. The molecule has 0 aliphatic heterocycles. The number of carbonyl (C=O) groups excluding carboxylic acids is 2. The van der Waals surface area contributed by atoms with E-state index in [1.165, 1.54) is 10.9 Å². The van der Waals surface area contributed by atoms with Gasteiger partial charge in [-0.05, 0) is 75.2 Å². The van der Waals surface area contributed by atoms with E-state index >= 15 is 0 Å². The number of aryl methyl sites for hydroxylation is 3. The van der Waals surface area contributed by atoms with Gasteiger partial charge in [0.25, 0.3) is 5.91 Å². The number of rotatable bonds is 5. The van der Waals surface area contributed by atoms with Gasteiger partial charge in [0.1, 0.15) is 5.56 Å². The molecule has 2 aromatic carbocycles. The molecule has 0 unspecified atom stereocenters. The summed E-state index contributed by atoms with van der Waals surface area (Å²) in [6.45, 7) is 7.95. The molecule has 0 saturated heterocycles. The zero-order valence-corrected chi connectivity index (χ0v) is 19.5. The fourth-order valence-corrected chi connectivity index (χ4v) is 3.84. The second-order valence-electron chi connectivity index (χ2n) is 7.78. The van der Waals surface area contributed by atoms with Crippen LogP contribution in [0.2, 0.25) is 5.02 Å². The topological polar surface area (TPSA) is 86.1 Å². The highest BCUT2D eigenvalue weighted by Crippen LogP contribution is 2.27. The number of nitrogens with one attached hydrogen (secondary N) is 1. The number of fused-ring (bicyclic) bond motifs is 1. The Bertz CT molecular complexity index is 1380. The molecular weight excluding hydrogens is 440 g/mol. The lowest BCUT2D eigenvalue weighted by Gasteiger charge is -2.13. The largest absolute Gasteiger partial charge is 0.462 e. The van der Waals surface area contributed by atoms with Crippen LogP contribution < -0.4 is 5.32 Å². The van der Waals surface area contributed by atoms with Crippen molar-refractivity contribution in [3.63, 3.8) is 0 Å². The van der Waals surface area contributed by atoms with Crippen LogP contribution in [-0.2, 0) is 4.74 Å². The first-order chi connectivity index (χ1) is 15.8. The predicted molar refractivity (Wildman–Crippen MR) is 128 cm³/mol. The van der Waals surface area contributed by atoms with Crippen LogP contribution in [0.5, 0.6) is 0 Å². The van der Waals surface area contributed by atoms with Crippen LogP contribution in [0, 0.1) is 20.8 Å². The number of hydrogen-bond acceptors (Lipinski definition) is 5. The van der Waals surface area contributed by atoms with Gasteiger partial charge in [0.2, 0.25) is 0 Å². The van der Waals surface area contributed by atoms with Crippen molar-refractivity contribution in [3.8, 4) is 5.82 Å². The van der Waals surface area contributed by atoms with Crippen LogP contribution in [0.15, 0.2) is 48.7 Å². The predicted octanol–water partition coefficient (Wildman–Crippen LogP) is 5.43. The minimum absolute atomic E-state index is 0.138. The Labute approximate surface area is 196 Å². The van der Waals surface area contributed by atoms with Crippen molar-refractivity contribution in [1.82, 2.24) is 14.8 Å². The number of halogens is 1. The number of anilines is 1. The summed E-state index contributed by atoms with van der Waals surface area (Å²) in [6, 6.07) is 12.5. The van der Waals surface area contributed by atoms with Crippen molar-refractivity contribution in [1.29, 1.82) is 0 Å². The molecule has 7 nitrogen and oxygen atoms in total. The normalized spacial score (nSPS) is 10.9. The average molecular weight is 463 g/mol. The average Bonchev–Trinajstić information content (AvgIpc) is 3.18. The van der Waals surface area contributed by atoms with Crippen molar-refractivity contribution in [2.75, 3.05) is 11.9 Å². The molecule has 1 N–H and O–H groups in total. The van der Waals surface area contributed by atoms with Crippen LogP contribution in [0.4, 0.5) is 5.82 Å². The molecule has 0 bridgehead atoms. The third-order valence-corrected chi connectivity index (χ3v) is 5.51. The molecule has 0 spiro atoms. The number of aromatic nitrogens is 3. The molecule has 0 fully saturated rings. The minimum Gasteiger partial charge on any atom is -0.462 e. The lowest BCUT2D eigenvalue weighted by atomic mass is 10.0. The SMILES string of the molecule is CCOC(=O)c1cnn(-c2cc(C)c3cc(C)cc(C)c3n2)c1NC(=O)c1ccc(Cl)cc1. The van der Waals surface area contributed by atoms with Gasteiger partial charge in [-0.2, -0.15) is 9.78 Å². The smallest absolute Gasteiger partial charge is 0.343 e. The number of carbonyl (C=O) groups is 2. The molecule has 33 heavy (non-hydrogen) atoms. The van der Waals surface area contributed by atoms with Crippen LogP contribution in [0.1, 0.15) is 44.3 Å². The zero-order valence-electron chi connectivity index (χ0n) is 18.8. The van der Waals surface area contributed by atoms with E-state index < -0.39 is 11.9 Å². The van der Waals surface area contributed by atoms with Gasteiger partial charge in [-0.15, -0.1) is 0 Å². The molecule has 4 aromatic rings. The van der Waals surface area contributed by atoms with Crippen LogP contribution in [0.3, 0.4) is 0 Å². The molecular formula is C25H23ClN4O3. The number of amides is 1. The highest BCUT2D eigenvalue weighted by atomic mass is 35.5. The summed E-state index contributed by atoms with van der Waals surface area (Å²) in [5, 5.41) is 8.73. The Hall–Kier alpha value is -3.71. The first kappa shape index (κ1) is 22.5. The number of hydrogen-bond donors (Lipinski definition) is 1. The van der Waals surface area contributed by atoms with Crippen LogP contribution >= 0.6 is 11.6 Å². The van der Waals surface area contributed by atoms with Gasteiger partial charge in [0, 0.05) is 16.0 Å². The molecule has 1 amide bonds. The Morgan fingerprint density at radius 3 is 2.48 bits per heavy atom. The molecule has 0 saturated carbocycles. The van der Waals surface area contributed by atoms with E-state index in [0.717, 1.165) is 27.6 Å². The maximum absolute atomic E-state index is 12.9. The van der Waals surface area contributed by atoms with Crippen molar-refractivity contribution in [2.24, 2.45) is 0 Å². The fourth-order valence-electron chi connectivity index (χ4n) is 3.72. The Morgan fingerprint density at radius 1 is 1.06 bits per heavy atom. The number of nitrogens with zero attached hydrogens (tertiary/aromatic N) is 3. The second kappa shape index (κ2) is 9.03. The van der Waals surface area contributed by atoms with Gasteiger partial charge in [0.05, 0.1) is 18.3 Å². The van der Waals surface area contributed by atoms with Gasteiger partial charge in [-0.3, -0.25) is 4.79 Å². The zero-order chi connectivity index (χ0) is 23.7. The van der Waals surface area contributed by atoms with E-state index in [2.05, 4.69) is 22.5 Å². The van der Waals surface area contributed by atoms with E-state index in [4.69, 9.17) is 21.3 Å². The number of pyridine rings is 1. The number of benzene rings is 2. The molecule has 2 heterocycles. The molecule has 0 atom stereocenters. The molecule has 0 aliphatic carbocycles. The highest BCUT2D eigenvalue weighted by Gasteiger charge is 2.23. The van der Waals surface area contributed by atoms with Gasteiger partial charge in [-0.25, -0.2) is 9.78 Å². The first-order valence-corrected chi connectivity index (χ1v) is 10.9. The third kappa shape index (κ3) is 4.45. The standard InChI is InChI=1S/C25H23ClN4O3/c1-5-33-25(32)20-13-27-30(23(20)29-24(31)17-6-8-18(26)9-7-17)21-12-15(3)19-11-14(2)10-16(4)22(19)28-21/h6-13H,5H2,1-4H3,(H,29,31). The number of ether oxygens (including phenoxy) is 1. The maximum Gasteiger partial charge on any atom is 0.343 e. The quantitative estimate of drug-likeness (QED) is 0.400. The van der Waals surface area contributed by atoms with Gasteiger partial charge >= 0.3 is 5.97 Å². The monoisotopic (exact) mass is 462 g/mol. The van der Waals surface area contributed by atoms with Crippen molar-refractivity contribution in [3.05, 3.63) is 81.5 Å². The third-order valence-electron chi connectivity index (χ3n) is 5.26. The first-order valence-electron chi connectivity index (χ1n) is 10.5. The maximum atomic E-state index is 12.9. The van der Waals surface area contributed by atoms with E-state index in [9.17, 15) is 9.59 Å². The van der Waals surface area contributed by atoms with Crippen LogP contribution in [-0.4, -0.2) is 33.2 Å². The summed E-state index contributed by atoms with van der Waals surface area (Å²) in [6.07, 6.45) is 1.37. The fraction of sp³-hybridized carbons (Fsp3) is 0.200. The lowest BCUT2D eigenvalue weighted by molar-refractivity contribution is 0.0527. The molecule has 4 rings (SSSR count). The van der Waals surface area contributed by atoms with Crippen LogP contribution in [0.25, 0.3) is 16.7 Å². The second-order valence-corrected chi connectivity index (χ2v) is 8.21. The van der Waals surface area contributed by atoms with E-state index in [-0.39, 0.29) is 18.0 Å². The van der Waals surface area contributed by atoms with Gasteiger partial charge in [0.15, 0.2) is 11.6 Å². The Kier molecular flexibility index (Phi) is 6.16. The summed E-state index contributed by atoms with van der Waals surface area (Å²) in [5.41, 5.74) is 4.54. The van der Waals surface area contributed by atoms with Gasteiger partial charge < -0.3 is 10.1 Å². The Balaban J connectivity index is 1.84. The summed E-state index contributed by atoms with van der Waals surface area (Å²) in [4.78, 5) is 30.3. The van der Waals surface area contributed by atoms with E-state index in [1.807, 2.05) is 26.8 Å². The summed E-state index contributed by atoms with van der Waals surface area (Å²) in [5.74, 6) is -0.332. The van der Waals surface area contributed by atoms with Crippen molar-refractivity contribution in [2.45, 2.75) is 27.7 Å². The molecule has 8 heteroatoms. The molecule has 168 valence electrons. The van der Waals surface area contributed by atoms with E-state index in [1.54, 1.807) is 31.2 Å². The molecule has 0 radical (unpaired) electrons. The summed E-state index contributed by atoms with van der Waals surface area (Å²) < 4.78 is 6.62. The van der Waals surface area contributed by atoms with Gasteiger partial charge in [-0.1, -0.05) is 23.2 Å². The van der Waals surface area contributed by atoms with Crippen molar-refractivity contribution >= 4 is 40.2 Å². The molecule has 0 aliphatic rings. The number of esters is 1. The Morgan fingerprint density at radius 2 is 1.79 bits per heavy atom. The highest BCUT2D eigenvalue weighted by molar-refractivity contribution is 6.30.